The molecule has 3 nitrogen and oxygen atoms in total. The molecule has 1 unspecified atom stereocenters. The maximum atomic E-state index is 5.85. The minimum absolute atomic E-state index is 0.284. The molecule has 0 radical (unpaired) electrons. The van der Waals surface area contributed by atoms with Crippen molar-refractivity contribution in [3.8, 4) is 5.75 Å². The Kier molecular flexibility index (Phi) is 5.76. The molecule has 1 N–H and O–H groups in total. The molecule has 0 fully saturated rings. The van der Waals surface area contributed by atoms with E-state index < -0.39 is 0 Å². The van der Waals surface area contributed by atoms with Crippen LogP contribution in [0.1, 0.15) is 36.1 Å². The van der Waals surface area contributed by atoms with E-state index >= 15 is 0 Å². The average Bonchev–Trinajstić information content (AvgIpc) is 2.46. The fourth-order valence-corrected chi connectivity index (χ4v) is 2.40. The zero-order valence-electron chi connectivity index (χ0n) is 13.1. The first-order chi connectivity index (χ1) is 10.2. The predicted octanol–water partition coefficient (Wildman–Crippen LogP) is 3.82. The van der Waals surface area contributed by atoms with Gasteiger partial charge in [-0.2, -0.15) is 0 Å². The van der Waals surface area contributed by atoms with E-state index in [4.69, 9.17) is 4.74 Å². The fraction of sp³-hybridized carbons (Fsp3) is 0.389. The largest absolute Gasteiger partial charge is 0.494 e. The van der Waals surface area contributed by atoms with Crippen LogP contribution in [-0.2, 0) is 0 Å². The number of rotatable bonds is 7. The molecular weight excluding hydrogens is 260 g/mol. The lowest BCUT2D eigenvalue weighted by atomic mass is 10.0. The van der Waals surface area contributed by atoms with Crippen LogP contribution in [-0.4, -0.2) is 18.1 Å². The van der Waals surface area contributed by atoms with Crippen molar-refractivity contribution in [3.63, 3.8) is 0 Å². The van der Waals surface area contributed by atoms with Gasteiger partial charge >= 0.3 is 0 Å². The lowest BCUT2D eigenvalue weighted by Crippen LogP contribution is -2.23. The van der Waals surface area contributed by atoms with Crippen LogP contribution in [0.4, 0.5) is 0 Å². The van der Waals surface area contributed by atoms with Gasteiger partial charge in [-0.3, -0.25) is 4.98 Å². The highest BCUT2D eigenvalue weighted by atomic mass is 16.5. The summed E-state index contributed by atoms with van der Waals surface area (Å²) in [6.45, 7) is 7.89. The molecule has 1 aromatic heterocycles. The summed E-state index contributed by atoms with van der Waals surface area (Å²) < 4.78 is 5.85. The summed E-state index contributed by atoms with van der Waals surface area (Å²) in [4.78, 5) is 4.28. The van der Waals surface area contributed by atoms with Gasteiger partial charge in [0.15, 0.2) is 0 Å². The van der Waals surface area contributed by atoms with Crippen LogP contribution in [0.3, 0.4) is 0 Å². The Morgan fingerprint density at radius 3 is 2.71 bits per heavy atom. The van der Waals surface area contributed by atoms with Crippen LogP contribution < -0.4 is 10.1 Å². The Hall–Kier alpha value is -1.87. The standard InChI is InChI=1S/C18H24N2O/c1-4-20-18(16-10-15(3)12-19-13-16)8-9-21-17-7-5-6-14(2)11-17/h5-7,10-13,18,20H,4,8-9H2,1-3H3. The summed E-state index contributed by atoms with van der Waals surface area (Å²) in [6.07, 6.45) is 4.75. The number of hydrogen-bond donors (Lipinski definition) is 1. The monoisotopic (exact) mass is 284 g/mol. The Morgan fingerprint density at radius 1 is 1.14 bits per heavy atom. The molecule has 0 bridgehead atoms. The summed E-state index contributed by atoms with van der Waals surface area (Å²) in [6, 6.07) is 10.6. The van der Waals surface area contributed by atoms with Gasteiger partial charge in [0.2, 0.25) is 0 Å². The third kappa shape index (κ3) is 4.87. The van der Waals surface area contributed by atoms with Crippen molar-refractivity contribution >= 4 is 0 Å². The van der Waals surface area contributed by atoms with Crippen LogP contribution in [0.25, 0.3) is 0 Å². The van der Waals surface area contributed by atoms with Gasteiger partial charge in [-0.25, -0.2) is 0 Å². The van der Waals surface area contributed by atoms with Crippen molar-refractivity contribution in [2.24, 2.45) is 0 Å². The van der Waals surface area contributed by atoms with E-state index in [1.807, 2.05) is 24.5 Å². The minimum atomic E-state index is 0.284. The molecule has 0 aliphatic heterocycles. The second-order valence-electron chi connectivity index (χ2n) is 5.36. The third-order valence-electron chi connectivity index (χ3n) is 3.41. The third-order valence-corrected chi connectivity index (χ3v) is 3.41. The van der Waals surface area contributed by atoms with Crippen LogP contribution in [0.2, 0.25) is 0 Å². The van der Waals surface area contributed by atoms with Gasteiger partial charge in [-0.15, -0.1) is 0 Å². The van der Waals surface area contributed by atoms with Crippen molar-refractivity contribution in [2.45, 2.75) is 33.2 Å². The Bertz CT molecular complexity index is 569. The first-order valence-corrected chi connectivity index (χ1v) is 7.53. The van der Waals surface area contributed by atoms with E-state index in [9.17, 15) is 0 Å². The highest BCUT2D eigenvalue weighted by molar-refractivity contribution is 5.27. The number of nitrogens with zero attached hydrogens (tertiary/aromatic N) is 1. The Balaban J connectivity index is 1.94. The van der Waals surface area contributed by atoms with Gasteiger partial charge in [0.1, 0.15) is 5.75 Å². The average molecular weight is 284 g/mol. The molecule has 1 heterocycles. The van der Waals surface area contributed by atoms with Crippen molar-refractivity contribution < 1.29 is 4.74 Å². The number of nitrogens with one attached hydrogen (secondary N) is 1. The number of aryl methyl sites for hydroxylation is 2. The predicted molar refractivity (Wildman–Crippen MR) is 86.7 cm³/mol. The number of aromatic nitrogens is 1. The van der Waals surface area contributed by atoms with Crippen LogP contribution in [0, 0.1) is 13.8 Å². The Morgan fingerprint density at radius 2 is 2.00 bits per heavy atom. The molecular formula is C18H24N2O. The normalized spacial score (nSPS) is 12.1. The highest BCUT2D eigenvalue weighted by Gasteiger charge is 2.11. The van der Waals surface area contributed by atoms with E-state index in [1.54, 1.807) is 0 Å². The maximum Gasteiger partial charge on any atom is 0.119 e. The molecule has 0 amide bonds. The van der Waals surface area contributed by atoms with E-state index in [1.165, 1.54) is 16.7 Å². The summed E-state index contributed by atoms with van der Waals surface area (Å²) in [5.41, 5.74) is 3.64. The number of pyridine rings is 1. The lowest BCUT2D eigenvalue weighted by molar-refractivity contribution is 0.287. The van der Waals surface area contributed by atoms with E-state index in [0.717, 1.165) is 18.7 Å². The summed E-state index contributed by atoms with van der Waals surface area (Å²) in [5.74, 6) is 0.938. The first kappa shape index (κ1) is 15.5. The molecule has 0 aliphatic carbocycles. The molecule has 2 aromatic rings. The van der Waals surface area contributed by atoms with Crippen molar-refractivity contribution in [2.75, 3.05) is 13.2 Å². The van der Waals surface area contributed by atoms with Gasteiger partial charge in [0, 0.05) is 24.9 Å². The summed E-state index contributed by atoms with van der Waals surface area (Å²) in [5, 5.41) is 3.50. The van der Waals surface area contributed by atoms with Gasteiger partial charge in [0.05, 0.1) is 6.61 Å². The molecule has 0 saturated carbocycles. The molecule has 0 saturated heterocycles. The van der Waals surface area contributed by atoms with Crippen molar-refractivity contribution in [3.05, 3.63) is 59.4 Å². The van der Waals surface area contributed by atoms with Gasteiger partial charge in [-0.05, 0) is 49.2 Å². The van der Waals surface area contributed by atoms with E-state index in [0.29, 0.717) is 6.61 Å². The molecule has 1 atom stereocenters. The van der Waals surface area contributed by atoms with Crippen molar-refractivity contribution in [1.29, 1.82) is 0 Å². The lowest BCUT2D eigenvalue weighted by Gasteiger charge is -2.18. The molecule has 3 heteroatoms. The first-order valence-electron chi connectivity index (χ1n) is 7.53. The highest BCUT2D eigenvalue weighted by Crippen LogP contribution is 2.18. The van der Waals surface area contributed by atoms with Gasteiger partial charge in [0.25, 0.3) is 0 Å². The molecule has 2 rings (SSSR count). The quantitative estimate of drug-likeness (QED) is 0.839. The molecule has 1 aromatic carbocycles. The molecule has 21 heavy (non-hydrogen) atoms. The zero-order chi connectivity index (χ0) is 15.1. The van der Waals surface area contributed by atoms with Gasteiger partial charge < -0.3 is 10.1 Å². The van der Waals surface area contributed by atoms with Crippen LogP contribution in [0.5, 0.6) is 5.75 Å². The zero-order valence-corrected chi connectivity index (χ0v) is 13.1. The topological polar surface area (TPSA) is 34.1 Å². The van der Waals surface area contributed by atoms with Crippen LogP contribution >= 0.6 is 0 Å². The Labute approximate surface area is 127 Å². The summed E-state index contributed by atoms with van der Waals surface area (Å²) in [7, 11) is 0. The van der Waals surface area contributed by atoms with E-state index in [-0.39, 0.29) is 6.04 Å². The fourth-order valence-electron chi connectivity index (χ4n) is 2.40. The summed E-state index contributed by atoms with van der Waals surface area (Å²) >= 11 is 0. The van der Waals surface area contributed by atoms with Crippen LogP contribution in [0.15, 0.2) is 42.7 Å². The number of ether oxygens (including phenoxy) is 1. The maximum absolute atomic E-state index is 5.85. The molecule has 0 spiro atoms. The second kappa shape index (κ2) is 7.79. The molecule has 112 valence electrons. The smallest absolute Gasteiger partial charge is 0.119 e. The van der Waals surface area contributed by atoms with Crippen molar-refractivity contribution in [1.82, 2.24) is 10.3 Å². The minimum Gasteiger partial charge on any atom is -0.494 e. The number of hydrogen-bond acceptors (Lipinski definition) is 3. The van der Waals surface area contributed by atoms with Gasteiger partial charge in [-0.1, -0.05) is 25.1 Å². The SMILES string of the molecule is CCNC(CCOc1cccc(C)c1)c1cncc(C)c1. The molecule has 0 aliphatic rings. The number of benzene rings is 1. The van der Waals surface area contributed by atoms with E-state index in [2.05, 4.69) is 49.3 Å². The second-order valence-corrected chi connectivity index (χ2v) is 5.36.